The Hall–Kier alpha value is -2.08. The third-order valence-corrected chi connectivity index (χ3v) is 5.05. The second-order valence-corrected chi connectivity index (χ2v) is 8.87. The Bertz CT molecular complexity index is 746. The summed E-state index contributed by atoms with van der Waals surface area (Å²) < 4.78 is 23.0. The van der Waals surface area contributed by atoms with Crippen LogP contribution in [0.2, 0.25) is 0 Å². The Morgan fingerprint density at radius 1 is 1.26 bits per heavy atom. The highest BCUT2D eigenvalue weighted by molar-refractivity contribution is 5.82. The highest BCUT2D eigenvalue weighted by Crippen LogP contribution is 2.51. The van der Waals surface area contributed by atoms with E-state index in [2.05, 4.69) is 6.92 Å². The average molecular weight is 376 g/mol. The zero-order valence-corrected chi connectivity index (χ0v) is 16.8. The summed E-state index contributed by atoms with van der Waals surface area (Å²) in [6, 6.07) is 3.29. The predicted octanol–water partition coefficient (Wildman–Crippen LogP) is 4.84. The van der Waals surface area contributed by atoms with E-state index in [0.717, 1.165) is 18.4 Å². The summed E-state index contributed by atoms with van der Waals surface area (Å²) in [7, 11) is 0. The molecule has 6 heteroatoms. The molecular weight excluding hydrogens is 348 g/mol. The molecule has 2 heterocycles. The first-order valence-electron chi connectivity index (χ1n) is 9.38. The summed E-state index contributed by atoms with van der Waals surface area (Å²) in [5.41, 5.74) is -0.0640. The van der Waals surface area contributed by atoms with Crippen molar-refractivity contribution in [3.63, 3.8) is 0 Å². The van der Waals surface area contributed by atoms with Gasteiger partial charge in [-0.3, -0.25) is 4.79 Å². The lowest BCUT2D eigenvalue weighted by atomic mass is 9.75. The Kier molecular flexibility index (Phi) is 4.97. The fourth-order valence-corrected chi connectivity index (χ4v) is 3.78. The van der Waals surface area contributed by atoms with Crippen LogP contribution < -0.4 is 9.47 Å². The Morgan fingerprint density at radius 3 is 2.59 bits per heavy atom. The first-order chi connectivity index (χ1) is 12.5. The van der Waals surface area contributed by atoms with E-state index in [4.69, 9.17) is 18.9 Å². The van der Waals surface area contributed by atoms with Gasteiger partial charge in [0.15, 0.2) is 6.29 Å². The van der Waals surface area contributed by atoms with Crippen LogP contribution in [0.5, 0.6) is 11.5 Å². The number of rotatable bonds is 2. The van der Waals surface area contributed by atoms with E-state index in [1.807, 2.05) is 13.8 Å². The summed E-state index contributed by atoms with van der Waals surface area (Å²) in [6.07, 6.45) is 1.71. The molecule has 0 N–H and O–H groups in total. The van der Waals surface area contributed by atoms with E-state index >= 15 is 0 Å². The molecule has 1 aromatic carbocycles. The fraction of sp³-hybridized carbons (Fsp3) is 0.619. The van der Waals surface area contributed by atoms with Crippen molar-refractivity contribution in [3.05, 3.63) is 23.3 Å². The van der Waals surface area contributed by atoms with Gasteiger partial charge >= 0.3 is 6.16 Å². The lowest BCUT2D eigenvalue weighted by Crippen LogP contribution is -2.48. The molecule has 148 valence electrons. The number of hydrogen-bond acceptors (Lipinski definition) is 6. The molecule has 3 atom stereocenters. The maximum absolute atomic E-state index is 12.1. The summed E-state index contributed by atoms with van der Waals surface area (Å²) in [5, 5.41) is 0. The predicted molar refractivity (Wildman–Crippen MR) is 99.4 cm³/mol. The third kappa shape index (κ3) is 4.10. The molecule has 0 unspecified atom stereocenters. The highest BCUT2D eigenvalue weighted by Gasteiger charge is 2.47. The van der Waals surface area contributed by atoms with E-state index in [1.165, 1.54) is 0 Å². The van der Waals surface area contributed by atoms with Crippen molar-refractivity contribution >= 4 is 12.4 Å². The topological polar surface area (TPSA) is 71.1 Å². The first kappa shape index (κ1) is 19.7. The van der Waals surface area contributed by atoms with Crippen LogP contribution in [0.15, 0.2) is 12.1 Å². The quantitative estimate of drug-likeness (QED) is 0.418. The lowest BCUT2D eigenvalue weighted by molar-refractivity contribution is -0.144. The van der Waals surface area contributed by atoms with Crippen LogP contribution in [0, 0.1) is 5.92 Å². The Balaban J connectivity index is 1.98. The van der Waals surface area contributed by atoms with Crippen molar-refractivity contribution in [1.82, 2.24) is 0 Å². The molecule has 2 aliphatic heterocycles. The molecule has 6 nitrogen and oxygen atoms in total. The molecule has 0 aromatic heterocycles. The van der Waals surface area contributed by atoms with Gasteiger partial charge in [0, 0.05) is 11.5 Å². The van der Waals surface area contributed by atoms with E-state index in [1.54, 1.807) is 32.9 Å². The number of benzene rings is 1. The summed E-state index contributed by atoms with van der Waals surface area (Å²) in [4.78, 5) is 23.6. The van der Waals surface area contributed by atoms with Gasteiger partial charge < -0.3 is 18.9 Å². The standard InChI is InChI=1S/C21H28O6/c1-12-7-8-15-18(24-12)14-10-16(25-19(23)27-20(2,3)4)13(11-22)9-17(14)26-21(15,5)6/h9-12,15,18H,7-8H2,1-6H3/t12-,15-,18+/m0/s1. The molecule has 0 aliphatic carbocycles. The molecular formula is C21H28O6. The van der Waals surface area contributed by atoms with Gasteiger partial charge in [-0.25, -0.2) is 4.79 Å². The molecule has 0 saturated carbocycles. The molecule has 0 radical (unpaired) electrons. The molecule has 0 spiro atoms. The number of carbonyl (C=O) groups is 2. The van der Waals surface area contributed by atoms with Gasteiger partial charge in [0.2, 0.25) is 0 Å². The van der Waals surface area contributed by atoms with Crippen molar-refractivity contribution in [2.24, 2.45) is 5.92 Å². The fourth-order valence-electron chi connectivity index (χ4n) is 3.78. The molecule has 1 saturated heterocycles. The van der Waals surface area contributed by atoms with E-state index in [0.29, 0.717) is 12.0 Å². The zero-order chi connectivity index (χ0) is 20.0. The van der Waals surface area contributed by atoms with Crippen LogP contribution in [0.1, 0.15) is 76.4 Å². The number of hydrogen-bond donors (Lipinski definition) is 0. The highest BCUT2D eigenvalue weighted by atomic mass is 16.7. The minimum absolute atomic E-state index is 0.133. The van der Waals surface area contributed by atoms with Crippen LogP contribution in [0.3, 0.4) is 0 Å². The molecule has 1 aromatic rings. The van der Waals surface area contributed by atoms with Gasteiger partial charge in [0.1, 0.15) is 22.7 Å². The Labute approximate surface area is 160 Å². The van der Waals surface area contributed by atoms with E-state index < -0.39 is 17.4 Å². The third-order valence-electron chi connectivity index (χ3n) is 5.05. The molecule has 2 aliphatic rings. The number of ether oxygens (including phenoxy) is 4. The van der Waals surface area contributed by atoms with Gasteiger partial charge in [-0.2, -0.15) is 0 Å². The second kappa shape index (κ2) is 6.82. The lowest BCUT2D eigenvalue weighted by Gasteiger charge is -2.48. The van der Waals surface area contributed by atoms with Gasteiger partial charge in [-0.05, 0) is 66.5 Å². The Morgan fingerprint density at radius 2 is 1.96 bits per heavy atom. The smallest absolute Gasteiger partial charge is 0.487 e. The second-order valence-electron chi connectivity index (χ2n) is 8.87. The van der Waals surface area contributed by atoms with Crippen molar-refractivity contribution in [1.29, 1.82) is 0 Å². The van der Waals surface area contributed by atoms with Gasteiger partial charge in [-0.15, -0.1) is 0 Å². The average Bonchev–Trinajstić information content (AvgIpc) is 2.52. The van der Waals surface area contributed by atoms with Crippen molar-refractivity contribution in [3.8, 4) is 11.5 Å². The van der Waals surface area contributed by atoms with Crippen molar-refractivity contribution in [2.75, 3.05) is 0 Å². The van der Waals surface area contributed by atoms with Gasteiger partial charge in [0.25, 0.3) is 0 Å². The number of carbonyl (C=O) groups excluding carboxylic acids is 2. The SMILES string of the molecule is C[C@H]1CC[C@H]2[C@H](O1)c1cc(OC(=O)OC(C)(C)C)c(C=O)cc1OC2(C)C. The molecule has 0 bridgehead atoms. The van der Waals surface area contributed by atoms with Gasteiger partial charge in [-0.1, -0.05) is 0 Å². The largest absolute Gasteiger partial charge is 0.514 e. The normalized spacial score (nSPS) is 26.2. The summed E-state index contributed by atoms with van der Waals surface area (Å²) >= 11 is 0. The number of aldehydes is 1. The van der Waals surface area contributed by atoms with Gasteiger partial charge in [0.05, 0.1) is 17.8 Å². The monoisotopic (exact) mass is 376 g/mol. The maximum atomic E-state index is 12.1. The minimum atomic E-state index is -0.850. The summed E-state index contributed by atoms with van der Waals surface area (Å²) in [5.74, 6) is 0.925. The molecule has 1 fully saturated rings. The summed E-state index contributed by atoms with van der Waals surface area (Å²) in [6.45, 7) is 11.4. The minimum Gasteiger partial charge on any atom is -0.487 e. The molecule has 27 heavy (non-hydrogen) atoms. The van der Waals surface area contributed by atoms with Crippen LogP contribution in [-0.2, 0) is 9.47 Å². The molecule has 3 rings (SSSR count). The van der Waals surface area contributed by atoms with Crippen LogP contribution in [0.4, 0.5) is 4.79 Å². The van der Waals surface area contributed by atoms with E-state index in [9.17, 15) is 9.59 Å². The van der Waals surface area contributed by atoms with Crippen LogP contribution in [0.25, 0.3) is 0 Å². The maximum Gasteiger partial charge on any atom is 0.514 e. The van der Waals surface area contributed by atoms with Crippen molar-refractivity contribution in [2.45, 2.75) is 77.8 Å². The van der Waals surface area contributed by atoms with Crippen LogP contribution >= 0.6 is 0 Å². The molecule has 0 amide bonds. The van der Waals surface area contributed by atoms with E-state index in [-0.39, 0.29) is 29.4 Å². The van der Waals surface area contributed by atoms with Crippen LogP contribution in [-0.4, -0.2) is 29.7 Å². The van der Waals surface area contributed by atoms with Crippen molar-refractivity contribution < 1.29 is 28.5 Å². The zero-order valence-electron chi connectivity index (χ0n) is 16.8. The first-order valence-corrected chi connectivity index (χ1v) is 9.38. The number of fused-ring (bicyclic) bond motifs is 3.